The summed E-state index contributed by atoms with van der Waals surface area (Å²) in [5.41, 5.74) is 1.63. The molecule has 0 fully saturated rings. The average molecular weight is 460 g/mol. The van der Waals surface area contributed by atoms with Crippen LogP contribution in [0.25, 0.3) is 0 Å². The second-order valence-corrected chi connectivity index (χ2v) is 7.93. The third-order valence-electron chi connectivity index (χ3n) is 4.95. The summed E-state index contributed by atoms with van der Waals surface area (Å²) in [7, 11) is 0. The lowest BCUT2D eigenvalue weighted by Gasteiger charge is -2.15. The number of hydrogen-bond donors (Lipinski definition) is 1. The van der Waals surface area contributed by atoms with Crippen LogP contribution in [0.2, 0.25) is 10.0 Å². The van der Waals surface area contributed by atoms with Crippen LogP contribution in [0.5, 0.6) is 5.75 Å². The minimum Gasteiger partial charge on any atom is -0.494 e. The molecule has 0 atom stereocenters. The number of para-hydroxylation sites is 1. The molecule has 162 valence electrons. The van der Waals surface area contributed by atoms with Gasteiger partial charge < -0.3 is 14.4 Å². The molecule has 0 saturated heterocycles. The number of benzene rings is 2. The summed E-state index contributed by atoms with van der Waals surface area (Å²) in [6.07, 6.45) is 2.81. The molecule has 0 aliphatic heterocycles. The zero-order valence-electron chi connectivity index (χ0n) is 16.9. The highest BCUT2D eigenvalue weighted by Crippen LogP contribution is 2.21. The van der Waals surface area contributed by atoms with E-state index in [0.29, 0.717) is 31.0 Å². The van der Waals surface area contributed by atoms with Gasteiger partial charge in [0.15, 0.2) is 0 Å². The SMILES string of the molecule is O=C(O)c1ccc(CCn2c(CCCCOc3ccccc3)c(Cl)cc(Cl)c2=O)cc1. The molecule has 0 spiro atoms. The number of carboxylic acid groups (broad SMARTS) is 1. The van der Waals surface area contributed by atoms with Crippen molar-refractivity contribution in [1.82, 2.24) is 4.57 Å². The quantitative estimate of drug-likeness (QED) is 0.406. The Morgan fingerprint density at radius 2 is 1.65 bits per heavy atom. The molecule has 1 aromatic heterocycles. The van der Waals surface area contributed by atoms with E-state index >= 15 is 0 Å². The van der Waals surface area contributed by atoms with Gasteiger partial charge in [0.25, 0.3) is 5.56 Å². The largest absolute Gasteiger partial charge is 0.494 e. The summed E-state index contributed by atoms with van der Waals surface area (Å²) in [6.45, 7) is 0.983. The van der Waals surface area contributed by atoms with Crippen molar-refractivity contribution in [3.05, 3.63) is 97.9 Å². The summed E-state index contributed by atoms with van der Waals surface area (Å²) in [6, 6.07) is 17.7. The molecule has 5 nitrogen and oxygen atoms in total. The van der Waals surface area contributed by atoms with E-state index < -0.39 is 5.97 Å². The highest BCUT2D eigenvalue weighted by atomic mass is 35.5. The standard InChI is InChI=1S/C24H23Cl2NO4/c25-20-16-21(26)23(28)27(14-13-17-9-11-18(12-10-17)24(29)30)22(20)8-4-5-15-31-19-6-2-1-3-7-19/h1-3,6-7,9-12,16H,4-5,8,13-15H2,(H,29,30). The van der Waals surface area contributed by atoms with E-state index in [0.717, 1.165) is 29.8 Å². The summed E-state index contributed by atoms with van der Waals surface area (Å²) in [4.78, 5) is 23.7. The van der Waals surface area contributed by atoms with Gasteiger partial charge in [0.2, 0.25) is 0 Å². The lowest BCUT2D eigenvalue weighted by molar-refractivity contribution is 0.0697. The molecule has 0 aliphatic rings. The van der Waals surface area contributed by atoms with Crippen molar-refractivity contribution >= 4 is 29.2 Å². The lowest BCUT2D eigenvalue weighted by atomic mass is 10.1. The molecule has 0 radical (unpaired) electrons. The van der Waals surface area contributed by atoms with Crippen molar-refractivity contribution in [1.29, 1.82) is 0 Å². The Bertz CT molecular complexity index is 1080. The Kier molecular flexibility index (Phi) is 8.15. The second-order valence-electron chi connectivity index (χ2n) is 7.11. The molecule has 3 aromatic rings. The Morgan fingerprint density at radius 3 is 2.32 bits per heavy atom. The molecule has 3 rings (SSSR count). The second kappa shape index (κ2) is 11.0. The van der Waals surface area contributed by atoms with Gasteiger partial charge in [-0.3, -0.25) is 4.79 Å². The van der Waals surface area contributed by atoms with Gasteiger partial charge in [0, 0.05) is 12.2 Å². The first-order valence-electron chi connectivity index (χ1n) is 10.0. The van der Waals surface area contributed by atoms with Crippen LogP contribution in [0.4, 0.5) is 0 Å². The number of rotatable bonds is 10. The van der Waals surface area contributed by atoms with Crippen molar-refractivity contribution in [2.24, 2.45) is 0 Å². The van der Waals surface area contributed by atoms with Crippen LogP contribution in [0, 0.1) is 0 Å². The maximum atomic E-state index is 12.7. The fourth-order valence-corrected chi connectivity index (χ4v) is 3.86. The first-order chi connectivity index (χ1) is 15.0. The molecule has 1 heterocycles. The molecule has 7 heteroatoms. The van der Waals surface area contributed by atoms with Gasteiger partial charge in [-0.05, 0) is 61.6 Å². The molecule has 0 saturated carbocycles. The molecule has 0 unspecified atom stereocenters. The van der Waals surface area contributed by atoms with E-state index in [1.54, 1.807) is 28.8 Å². The van der Waals surface area contributed by atoms with E-state index in [4.69, 9.17) is 33.0 Å². The third-order valence-corrected chi connectivity index (χ3v) is 5.55. The normalized spacial score (nSPS) is 10.8. The smallest absolute Gasteiger partial charge is 0.335 e. The molecular weight excluding hydrogens is 437 g/mol. The molecule has 0 amide bonds. The minimum atomic E-state index is -0.970. The third kappa shape index (κ3) is 6.36. The fourth-order valence-electron chi connectivity index (χ4n) is 3.28. The number of carboxylic acids is 1. The van der Waals surface area contributed by atoms with Crippen LogP contribution in [-0.4, -0.2) is 22.2 Å². The van der Waals surface area contributed by atoms with Gasteiger partial charge in [0.1, 0.15) is 10.8 Å². The predicted molar refractivity (Wildman–Crippen MR) is 123 cm³/mol. The molecule has 0 bridgehead atoms. The Labute approximate surface area is 190 Å². The molecule has 31 heavy (non-hydrogen) atoms. The van der Waals surface area contributed by atoms with Crippen LogP contribution in [0.1, 0.15) is 34.5 Å². The number of ether oxygens (including phenoxy) is 1. The van der Waals surface area contributed by atoms with Gasteiger partial charge in [-0.2, -0.15) is 0 Å². The fraction of sp³-hybridized carbons (Fsp3) is 0.250. The molecule has 0 aliphatic carbocycles. The topological polar surface area (TPSA) is 68.5 Å². The summed E-state index contributed by atoms with van der Waals surface area (Å²) in [5.74, 6) is -0.138. The van der Waals surface area contributed by atoms with Crippen molar-refractivity contribution in [2.75, 3.05) is 6.61 Å². The summed E-state index contributed by atoms with van der Waals surface area (Å²) < 4.78 is 7.33. The maximum absolute atomic E-state index is 12.7. The Morgan fingerprint density at radius 1 is 0.935 bits per heavy atom. The number of aryl methyl sites for hydroxylation is 1. The number of pyridine rings is 1. The van der Waals surface area contributed by atoms with Crippen LogP contribution < -0.4 is 10.3 Å². The van der Waals surface area contributed by atoms with Crippen molar-refractivity contribution in [3.63, 3.8) is 0 Å². The zero-order valence-corrected chi connectivity index (χ0v) is 18.4. The van der Waals surface area contributed by atoms with E-state index in [1.165, 1.54) is 6.07 Å². The highest BCUT2D eigenvalue weighted by Gasteiger charge is 2.13. The number of halogens is 2. The highest BCUT2D eigenvalue weighted by molar-refractivity contribution is 6.34. The predicted octanol–water partition coefficient (Wildman–Crippen LogP) is 5.50. The summed E-state index contributed by atoms with van der Waals surface area (Å²) >= 11 is 12.5. The zero-order chi connectivity index (χ0) is 22.2. The molecule has 2 aromatic carbocycles. The number of hydrogen-bond acceptors (Lipinski definition) is 3. The molecule has 1 N–H and O–H groups in total. The molecular formula is C24H23Cl2NO4. The number of carbonyl (C=O) groups is 1. The van der Waals surface area contributed by atoms with Crippen LogP contribution in [-0.2, 0) is 19.4 Å². The minimum absolute atomic E-state index is 0.0855. The van der Waals surface area contributed by atoms with Crippen molar-refractivity contribution in [2.45, 2.75) is 32.2 Å². The van der Waals surface area contributed by atoms with Crippen LogP contribution in [0.3, 0.4) is 0 Å². The Hall–Kier alpha value is -2.76. The van der Waals surface area contributed by atoms with Crippen LogP contribution in [0.15, 0.2) is 65.5 Å². The number of aromatic nitrogens is 1. The van der Waals surface area contributed by atoms with Gasteiger partial charge in [-0.15, -0.1) is 0 Å². The Balaban J connectivity index is 1.63. The summed E-state index contributed by atoms with van der Waals surface area (Å²) in [5, 5.41) is 9.57. The van der Waals surface area contributed by atoms with Gasteiger partial charge in [-0.25, -0.2) is 4.79 Å². The van der Waals surface area contributed by atoms with E-state index in [1.807, 2.05) is 30.3 Å². The van der Waals surface area contributed by atoms with E-state index in [9.17, 15) is 9.59 Å². The van der Waals surface area contributed by atoms with Gasteiger partial charge in [-0.1, -0.05) is 53.5 Å². The van der Waals surface area contributed by atoms with Crippen molar-refractivity contribution in [3.8, 4) is 5.75 Å². The first-order valence-corrected chi connectivity index (χ1v) is 10.8. The van der Waals surface area contributed by atoms with E-state index in [-0.39, 0.29) is 16.1 Å². The van der Waals surface area contributed by atoms with Gasteiger partial charge >= 0.3 is 5.97 Å². The lowest BCUT2D eigenvalue weighted by Crippen LogP contribution is -2.25. The number of unbranched alkanes of at least 4 members (excludes halogenated alkanes) is 1. The van der Waals surface area contributed by atoms with Crippen LogP contribution >= 0.6 is 23.2 Å². The van der Waals surface area contributed by atoms with Gasteiger partial charge in [0.05, 0.1) is 17.2 Å². The monoisotopic (exact) mass is 459 g/mol. The number of aromatic carboxylic acids is 1. The maximum Gasteiger partial charge on any atom is 0.335 e. The number of nitrogens with zero attached hydrogens (tertiary/aromatic N) is 1. The first kappa shape index (κ1) is 22.9. The van der Waals surface area contributed by atoms with Crippen molar-refractivity contribution < 1.29 is 14.6 Å². The van der Waals surface area contributed by atoms with E-state index in [2.05, 4.69) is 0 Å². The average Bonchev–Trinajstić information content (AvgIpc) is 2.77.